The molecule has 0 bridgehead atoms. The highest BCUT2D eigenvalue weighted by atomic mass is 32.2. The van der Waals surface area contributed by atoms with Crippen molar-refractivity contribution in [3.63, 3.8) is 0 Å². The molecule has 0 radical (unpaired) electrons. The van der Waals surface area contributed by atoms with Crippen molar-refractivity contribution >= 4 is 29.0 Å². The minimum Gasteiger partial charge on any atom is -0.467 e. The van der Waals surface area contributed by atoms with Gasteiger partial charge in [0.25, 0.3) is 0 Å². The molecule has 2 aliphatic rings. The second-order valence-electron chi connectivity index (χ2n) is 7.85. The van der Waals surface area contributed by atoms with E-state index in [1.54, 1.807) is 18.0 Å². The van der Waals surface area contributed by atoms with E-state index in [1.807, 2.05) is 23.5 Å². The van der Waals surface area contributed by atoms with Crippen molar-refractivity contribution in [3.8, 4) is 0 Å². The predicted octanol–water partition coefficient (Wildman–Crippen LogP) is 4.55. The van der Waals surface area contributed by atoms with Crippen molar-refractivity contribution in [1.29, 1.82) is 0 Å². The summed E-state index contributed by atoms with van der Waals surface area (Å²) in [5, 5.41) is 13.5. The summed E-state index contributed by atoms with van der Waals surface area (Å²) in [4.78, 5) is 7.19. The molecule has 1 aliphatic heterocycles. The minimum absolute atomic E-state index is 0.624. The van der Waals surface area contributed by atoms with Crippen LogP contribution in [0.5, 0.6) is 0 Å². The summed E-state index contributed by atoms with van der Waals surface area (Å²) >= 11 is 3.52. The number of furan rings is 1. The van der Waals surface area contributed by atoms with Gasteiger partial charge in [-0.15, -0.1) is 21.5 Å². The first-order chi connectivity index (χ1) is 14.9. The van der Waals surface area contributed by atoms with Crippen molar-refractivity contribution in [1.82, 2.24) is 19.7 Å². The minimum atomic E-state index is 0.624. The number of thioether (sulfide) groups is 1. The van der Waals surface area contributed by atoms with Gasteiger partial charge in [-0.3, -0.25) is 4.57 Å². The third kappa shape index (κ3) is 4.58. The highest BCUT2D eigenvalue weighted by molar-refractivity contribution is 7.98. The lowest BCUT2D eigenvalue weighted by Gasteiger charge is -2.27. The van der Waals surface area contributed by atoms with Gasteiger partial charge in [0, 0.05) is 30.1 Å². The van der Waals surface area contributed by atoms with Gasteiger partial charge in [-0.05, 0) is 25.0 Å². The number of hydrogen-bond donors (Lipinski definition) is 0. The highest BCUT2D eigenvalue weighted by Crippen LogP contribution is 2.35. The molecule has 0 amide bonds. The molecule has 9 heteroatoms. The lowest BCUT2D eigenvalue weighted by atomic mass is 9.90. The normalized spacial score (nSPS) is 18.2. The Morgan fingerprint density at radius 2 is 2.00 bits per heavy atom. The number of anilines is 1. The van der Waals surface area contributed by atoms with Gasteiger partial charge in [-0.2, -0.15) is 0 Å². The van der Waals surface area contributed by atoms with E-state index >= 15 is 0 Å². The largest absolute Gasteiger partial charge is 0.467 e. The van der Waals surface area contributed by atoms with Crippen molar-refractivity contribution in [3.05, 3.63) is 40.2 Å². The summed E-state index contributed by atoms with van der Waals surface area (Å²) in [6, 6.07) is 3.91. The molecule has 1 saturated carbocycles. The zero-order chi connectivity index (χ0) is 20.2. The van der Waals surface area contributed by atoms with Crippen LogP contribution < -0.4 is 4.90 Å². The molecule has 3 aromatic rings. The van der Waals surface area contributed by atoms with E-state index in [0.717, 1.165) is 54.6 Å². The van der Waals surface area contributed by atoms with Gasteiger partial charge in [-0.25, -0.2) is 4.98 Å². The van der Waals surface area contributed by atoms with Gasteiger partial charge >= 0.3 is 0 Å². The maximum atomic E-state index is 5.60. The summed E-state index contributed by atoms with van der Waals surface area (Å²) < 4.78 is 13.3. The molecule has 3 aromatic heterocycles. The van der Waals surface area contributed by atoms with Crippen LogP contribution in [0.4, 0.5) is 5.95 Å². The van der Waals surface area contributed by atoms with Crippen LogP contribution in [-0.4, -0.2) is 46.1 Å². The highest BCUT2D eigenvalue weighted by Gasteiger charge is 2.22. The zero-order valence-corrected chi connectivity index (χ0v) is 18.7. The van der Waals surface area contributed by atoms with Gasteiger partial charge < -0.3 is 14.1 Å². The molecule has 0 atom stereocenters. The van der Waals surface area contributed by atoms with E-state index in [9.17, 15) is 0 Å². The average Bonchev–Trinajstić information content (AvgIpc) is 3.56. The van der Waals surface area contributed by atoms with Crippen LogP contribution in [0.2, 0.25) is 0 Å². The lowest BCUT2D eigenvalue weighted by Crippen LogP contribution is -2.38. The molecule has 0 aromatic carbocycles. The number of ether oxygens (including phenoxy) is 1. The molecule has 0 N–H and O–H groups in total. The maximum absolute atomic E-state index is 5.60. The molecule has 1 saturated heterocycles. The third-order valence-electron chi connectivity index (χ3n) is 5.76. The third-order valence-corrected chi connectivity index (χ3v) is 7.81. The fourth-order valence-corrected chi connectivity index (χ4v) is 6.07. The van der Waals surface area contributed by atoms with E-state index < -0.39 is 0 Å². The summed E-state index contributed by atoms with van der Waals surface area (Å²) in [6.45, 7) is 3.73. The monoisotopic (exact) mass is 445 g/mol. The quantitative estimate of drug-likeness (QED) is 0.494. The Kier molecular flexibility index (Phi) is 6.38. The van der Waals surface area contributed by atoms with Gasteiger partial charge in [0.05, 0.1) is 36.7 Å². The molecule has 2 fully saturated rings. The SMILES string of the molecule is c1coc(Cn2c(SCc3csc(C4CCCCC4)n3)nnc2N2CCOCC2)c1. The van der Waals surface area contributed by atoms with E-state index in [0.29, 0.717) is 12.5 Å². The molecule has 30 heavy (non-hydrogen) atoms. The molecule has 0 spiro atoms. The molecule has 7 nitrogen and oxygen atoms in total. The van der Waals surface area contributed by atoms with Crippen LogP contribution in [0, 0.1) is 0 Å². The number of aromatic nitrogens is 4. The Bertz CT molecular complexity index is 927. The first-order valence-electron chi connectivity index (χ1n) is 10.7. The van der Waals surface area contributed by atoms with Crippen LogP contribution in [0.3, 0.4) is 0 Å². The molecule has 1 aliphatic carbocycles. The van der Waals surface area contributed by atoms with Crippen molar-refractivity contribution in [2.75, 3.05) is 31.2 Å². The Labute approximate surface area is 184 Å². The van der Waals surface area contributed by atoms with Crippen LogP contribution in [-0.2, 0) is 17.0 Å². The first-order valence-corrected chi connectivity index (χ1v) is 12.6. The number of hydrogen-bond acceptors (Lipinski definition) is 8. The Morgan fingerprint density at radius 1 is 1.13 bits per heavy atom. The Morgan fingerprint density at radius 3 is 2.80 bits per heavy atom. The molecule has 4 heterocycles. The maximum Gasteiger partial charge on any atom is 0.228 e. The van der Waals surface area contributed by atoms with Gasteiger partial charge in [0.15, 0.2) is 5.16 Å². The lowest BCUT2D eigenvalue weighted by molar-refractivity contribution is 0.121. The van der Waals surface area contributed by atoms with Crippen molar-refractivity contribution in [2.45, 2.75) is 55.5 Å². The second-order valence-corrected chi connectivity index (χ2v) is 9.68. The van der Waals surface area contributed by atoms with Crippen molar-refractivity contribution in [2.24, 2.45) is 0 Å². The van der Waals surface area contributed by atoms with Crippen LogP contribution >= 0.6 is 23.1 Å². The predicted molar refractivity (Wildman–Crippen MR) is 118 cm³/mol. The summed E-state index contributed by atoms with van der Waals surface area (Å²) in [6.07, 6.45) is 8.36. The first kappa shape index (κ1) is 20.1. The molecular formula is C21H27N5O2S2. The summed E-state index contributed by atoms with van der Waals surface area (Å²) in [7, 11) is 0. The van der Waals surface area contributed by atoms with Crippen LogP contribution in [0.15, 0.2) is 33.3 Å². The number of morpholine rings is 1. The molecular weight excluding hydrogens is 418 g/mol. The van der Waals surface area contributed by atoms with Crippen LogP contribution in [0.25, 0.3) is 0 Å². The van der Waals surface area contributed by atoms with E-state index in [-0.39, 0.29) is 0 Å². The summed E-state index contributed by atoms with van der Waals surface area (Å²) in [5.41, 5.74) is 1.14. The summed E-state index contributed by atoms with van der Waals surface area (Å²) in [5.74, 6) is 3.26. The van der Waals surface area contributed by atoms with Crippen LogP contribution in [0.1, 0.15) is 54.5 Å². The molecule has 5 rings (SSSR count). The van der Waals surface area contributed by atoms with E-state index in [1.165, 1.54) is 37.1 Å². The number of thiazole rings is 1. The Hall–Kier alpha value is -1.84. The Balaban J connectivity index is 1.31. The van der Waals surface area contributed by atoms with Gasteiger partial charge in [0.1, 0.15) is 5.76 Å². The topological polar surface area (TPSA) is 69.2 Å². The second kappa shape index (κ2) is 9.53. The fourth-order valence-electron chi connectivity index (χ4n) is 4.15. The number of nitrogens with zero attached hydrogens (tertiary/aromatic N) is 5. The fraction of sp³-hybridized carbons (Fsp3) is 0.571. The molecule has 0 unspecified atom stereocenters. The molecule has 160 valence electrons. The van der Waals surface area contributed by atoms with Gasteiger partial charge in [0.2, 0.25) is 5.95 Å². The number of rotatable bonds is 7. The van der Waals surface area contributed by atoms with Gasteiger partial charge in [-0.1, -0.05) is 31.0 Å². The van der Waals surface area contributed by atoms with Crippen molar-refractivity contribution < 1.29 is 9.15 Å². The van der Waals surface area contributed by atoms with E-state index in [2.05, 4.69) is 25.0 Å². The zero-order valence-electron chi connectivity index (χ0n) is 17.0. The smallest absolute Gasteiger partial charge is 0.228 e. The standard InChI is InChI=1S/C21H27N5O2S2/c1-2-5-16(6-3-1)19-22-17(14-29-19)15-30-21-24-23-20(25-8-11-27-12-9-25)26(21)13-18-7-4-10-28-18/h4,7,10,14,16H,1-3,5-6,8-9,11-13,15H2. The average molecular weight is 446 g/mol. The van der Waals surface area contributed by atoms with E-state index in [4.69, 9.17) is 14.1 Å².